The number of hydrogen-bond donors (Lipinski definition) is 3. The van der Waals surface area contributed by atoms with Gasteiger partial charge in [0.2, 0.25) is 12.4 Å². The highest BCUT2D eigenvalue weighted by Gasteiger charge is 2.32. The first-order chi connectivity index (χ1) is 9.60. The average molecular weight is 300 g/mol. The van der Waals surface area contributed by atoms with Crippen molar-refractivity contribution in [2.45, 2.75) is 30.1 Å². The molecule has 1 amide bonds. The molecule has 4 N–H and O–H groups in total. The molecule has 110 valence electrons. The molecule has 2 heterocycles. The molecule has 1 aromatic rings. The number of aliphatic hydroxyl groups excluding tert-OH is 1. The van der Waals surface area contributed by atoms with Gasteiger partial charge >= 0.3 is 0 Å². The van der Waals surface area contributed by atoms with Gasteiger partial charge in [-0.25, -0.2) is 0 Å². The molecule has 1 saturated heterocycles. The lowest BCUT2D eigenvalue weighted by molar-refractivity contribution is -0.110. The van der Waals surface area contributed by atoms with Crippen molar-refractivity contribution in [3.8, 4) is 0 Å². The topological polar surface area (TPSA) is 122 Å². The number of anilines is 2. The van der Waals surface area contributed by atoms with Gasteiger partial charge in [0.05, 0.1) is 12.7 Å². The van der Waals surface area contributed by atoms with Gasteiger partial charge in [0.25, 0.3) is 5.56 Å². The maximum atomic E-state index is 11.8. The van der Waals surface area contributed by atoms with Crippen LogP contribution in [-0.4, -0.2) is 46.7 Å². The van der Waals surface area contributed by atoms with E-state index in [1.54, 1.807) is 6.26 Å². The molecule has 9 heteroatoms. The van der Waals surface area contributed by atoms with Crippen LogP contribution in [0.4, 0.5) is 11.8 Å². The Morgan fingerprint density at radius 1 is 1.65 bits per heavy atom. The lowest BCUT2D eigenvalue weighted by Crippen LogP contribution is -2.37. The maximum absolute atomic E-state index is 11.8. The van der Waals surface area contributed by atoms with Crippen molar-refractivity contribution >= 4 is 29.9 Å². The van der Waals surface area contributed by atoms with Gasteiger partial charge in [-0.2, -0.15) is 4.98 Å². The summed E-state index contributed by atoms with van der Waals surface area (Å²) in [7, 11) is 0. The van der Waals surface area contributed by atoms with Crippen LogP contribution in [0.1, 0.15) is 12.8 Å². The van der Waals surface area contributed by atoms with Crippen LogP contribution in [0.2, 0.25) is 0 Å². The fraction of sp³-hybridized carbons (Fsp3) is 0.545. The van der Waals surface area contributed by atoms with Crippen LogP contribution >= 0.6 is 11.8 Å². The molecule has 8 nitrogen and oxygen atoms in total. The molecule has 2 rings (SSSR count). The van der Waals surface area contributed by atoms with Crippen LogP contribution in [0, 0.1) is 0 Å². The Morgan fingerprint density at radius 2 is 2.40 bits per heavy atom. The molecule has 0 aromatic carbocycles. The fourth-order valence-corrected chi connectivity index (χ4v) is 2.68. The highest BCUT2D eigenvalue weighted by Crippen LogP contribution is 2.29. The van der Waals surface area contributed by atoms with Crippen LogP contribution in [-0.2, 0) is 9.53 Å². The number of nitrogen functional groups attached to an aromatic ring is 1. The number of ether oxygens (including phenoxy) is 1. The third kappa shape index (κ3) is 2.79. The molecule has 1 aliphatic rings. The third-order valence-electron chi connectivity index (χ3n) is 3.04. The molecule has 0 aliphatic carbocycles. The van der Waals surface area contributed by atoms with E-state index in [1.165, 1.54) is 16.7 Å². The predicted octanol–water partition coefficient (Wildman–Crippen LogP) is -0.466. The smallest absolute Gasteiger partial charge is 0.268 e. The Morgan fingerprint density at radius 3 is 2.95 bits per heavy atom. The van der Waals surface area contributed by atoms with Crippen molar-refractivity contribution in [3.05, 3.63) is 10.4 Å². The van der Waals surface area contributed by atoms with Gasteiger partial charge in [0.15, 0.2) is 5.82 Å². The number of nitrogens with zero attached hydrogens (tertiary/aromatic N) is 2. The Labute approximate surface area is 119 Å². The minimum absolute atomic E-state index is 0.0636. The lowest BCUT2D eigenvalue weighted by atomic mass is 10.2. The monoisotopic (exact) mass is 300 g/mol. The third-order valence-corrected chi connectivity index (χ3v) is 3.81. The van der Waals surface area contributed by atoms with Gasteiger partial charge in [0.1, 0.15) is 11.1 Å². The number of H-pyrrole nitrogens is 1. The van der Waals surface area contributed by atoms with E-state index in [2.05, 4.69) is 9.97 Å². The molecule has 20 heavy (non-hydrogen) atoms. The summed E-state index contributed by atoms with van der Waals surface area (Å²) in [5.41, 5.74) is 5.13. The second kappa shape index (κ2) is 6.25. The van der Waals surface area contributed by atoms with E-state index >= 15 is 0 Å². The molecule has 1 fully saturated rings. The molecule has 2 atom stereocenters. The maximum Gasteiger partial charge on any atom is 0.268 e. The van der Waals surface area contributed by atoms with Crippen molar-refractivity contribution in [1.82, 2.24) is 9.97 Å². The van der Waals surface area contributed by atoms with Gasteiger partial charge in [-0.3, -0.25) is 19.5 Å². The number of carbonyl (C=O) groups excluding carboxylic acids is 1. The molecule has 1 aliphatic heterocycles. The standard InChI is InChI=1S/C11H16N4O4S/c1-20-8-9(13-11(12)14-10(8)18)15(5-17)7-3-2-6(4-16)19-7/h5-7,16H,2-4H2,1H3,(H3,12,13,14,18). The zero-order chi connectivity index (χ0) is 14.7. The number of aromatic nitrogens is 2. The van der Waals surface area contributed by atoms with Gasteiger partial charge in [-0.15, -0.1) is 11.8 Å². The molecule has 0 bridgehead atoms. The number of carbonyl (C=O) groups is 1. The molecule has 0 saturated carbocycles. The lowest BCUT2D eigenvalue weighted by Gasteiger charge is -2.25. The summed E-state index contributed by atoms with van der Waals surface area (Å²) in [4.78, 5) is 31.1. The van der Waals surface area contributed by atoms with E-state index in [9.17, 15) is 9.59 Å². The number of nitrogens with one attached hydrogen (secondary N) is 1. The van der Waals surface area contributed by atoms with Crippen molar-refractivity contribution in [1.29, 1.82) is 0 Å². The van der Waals surface area contributed by atoms with Crippen molar-refractivity contribution in [2.75, 3.05) is 23.5 Å². The normalized spacial score (nSPS) is 21.9. The predicted molar refractivity (Wildman–Crippen MR) is 74.6 cm³/mol. The first-order valence-electron chi connectivity index (χ1n) is 6.04. The number of aromatic amines is 1. The number of aliphatic hydroxyl groups is 1. The summed E-state index contributed by atoms with van der Waals surface area (Å²) in [6, 6.07) is 0. The molecular weight excluding hydrogens is 284 g/mol. The minimum Gasteiger partial charge on any atom is -0.394 e. The molecule has 1 aromatic heterocycles. The number of nitrogens with two attached hydrogens (primary N) is 1. The summed E-state index contributed by atoms with van der Waals surface area (Å²) in [6.07, 6.45) is 2.61. The van der Waals surface area contributed by atoms with E-state index in [-0.39, 0.29) is 24.5 Å². The van der Waals surface area contributed by atoms with Crippen LogP contribution in [0.15, 0.2) is 9.69 Å². The first kappa shape index (κ1) is 14.8. The summed E-state index contributed by atoms with van der Waals surface area (Å²) in [5, 5.41) is 9.07. The quantitative estimate of drug-likeness (QED) is 0.496. The van der Waals surface area contributed by atoms with Crippen LogP contribution < -0.4 is 16.2 Å². The zero-order valence-corrected chi connectivity index (χ0v) is 11.7. The molecule has 2 unspecified atom stereocenters. The van der Waals surface area contributed by atoms with Crippen LogP contribution in [0.5, 0.6) is 0 Å². The molecule has 0 radical (unpaired) electrons. The number of amides is 1. The van der Waals surface area contributed by atoms with E-state index in [1.807, 2.05) is 0 Å². The summed E-state index contributed by atoms with van der Waals surface area (Å²) >= 11 is 1.17. The highest BCUT2D eigenvalue weighted by molar-refractivity contribution is 7.98. The zero-order valence-electron chi connectivity index (χ0n) is 10.9. The van der Waals surface area contributed by atoms with Crippen molar-refractivity contribution in [3.63, 3.8) is 0 Å². The Bertz CT molecular complexity index is 550. The average Bonchev–Trinajstić information content (AvgIpc) is 2.88. The van der Waals surface area contributed by atoms with Crippen LogP contribution in [0.25, 0.3) is 0 Å². The Hall–Kier alpha value is -1.58. The second-order valence-electron chi connectivity index (χ2n) is 4.29. The van der Waals surface area contributed by atoms with Crippen LogP contribution in [0.3, 0.4) is 0 Å². The van der Waals surface area contributed by atoms with E-state index < -0.39 is 11.8 Å². The Balaban J connectivity index is 2.37. The van der Waals surface area contributed by atoms with Crippen molar-refractivity contribution in [2.24, 2.45) is 0 Å². The second-order valence-corrected chi connectivity index (χ2v) is 5.11. The molecular formula is C11H16N4O4S. The van der Waals surface area contributed by atoms with Gasteiger partial charge in [0, 0.05) is 0 Å². The van der Waals surface area contributed by atoms with E-state index in [4.69, 9.17) is 15.6 Å². The SMILES string of the molecule is CSc1c(N(C=O)C2CCC(CO)O2)nc(N)[nH]c1=O. The first-order valence-corrected chi connectivity index (χ1v) is 7.27. The van der Waals surface area contributed by atoms with E-state index in [0.717, 1.165) is 0 Å². The van der Waals surface area contributed by atoms with Gasteiger partial charge in [-0.05, 0) is 19.1 Å². The summed E-state index contributed by atoms with van der Waals surface area (Å²) in [6.45, 7) is -0.108. The van der Waals surface area contributed by atoms with Gasteiger partial charge in [-0.1, -0.05) is 0 Å². The number of thioether (sulfide) groups is 1. The highest BCUT2D eigenvalue weighted by atomic mass is 32.2. The van der Waals surface area contributed by atoms with Gasteiger partial charge < -0.3 is 15.6 Å². The summed E-state index contributed by atoms with van der Waals surface area (Å²) < 4.78 is 5.54. The Kier molecular flexibility index (Phi) is 4.63. The number of hydrogen-bond acceptors (Lipinski definition) is 7. The summed E-state index contributed by atoms with van der Waals surface area (Å²) in [5.74, 6) is 0.115. The van der Waals surface area contributed by atoms with Crippen molar-refractivity contribution < 1.29 is 14.6 Å². The van der Waals surface area contributed by atoms with E-state index in [0.29, 0.717) is 24.1 Å². The fourth-order valence-electron chi connectivity index (χ4n) is 2.11. The minimum atomic E-state index is -0.552. The number of rotatable bonds is 5. The largest absolute Gasteiger partial charge is 0.394 e. The molecule has 0 spiro atoms.